The molecule has 19 heavy (non-hydrogen) atoms. The molecule has 0 aliphatic rings. The van der Waals surface area contributed by atoms with Gasteiger partial charge in [-0.25, -0.2) is 4.39 Å². The van der Waals surface area contributed by atoms with Gasteiger partial charge in [-0.3, -0.25) is 0 Å². The first kappa shape index (κ1) is 14.1. The Hall–Kier alpha value is -1.27. The number of nitrogens with zero attached hydrogens (tertiary/aromatic N) is 2. The van der Waals surface area contributed by atoms with Crippen molar-refractivity contribution in [2.24, 2.45) is 0 Å². The zero-order valence-corrected chi connectivity index (χ0v) is 12.4. The molecule has 0 bridgehead atoms. The van der Waals surface area contributed by atoms with Gasteiger partial charge in [0.2, 0.25) is 11.7 Å². The van der Waals surface area contributed by atoms with Crippen molar-refractivity contribution in [3.8, 4) is 11.4 Å². The third-order valence-corrected chi connectivity index (χ3v) is 3.30. The van der Waals surface area contributed by atoms with E-state index in [-0.39, 0.29) is 11.9 Å². The van der Waals surface area contributed by atoms with E-state index in [1.54, 1.807) is 12.1 Å². The summed E-state index contributed by atoms with van der Waals surface area (Å²) >= 11 is 3.14. The van der Waals surface area contributed by atoms with Gasteiger partial charge in [-0.2, -0.15) is 4.98 Å². The Morgan fingerprint density at radius 3 is 2.95 bits per heavy atom. The summed E-state index contributed by atoms with van der Waals surface area (Å²) in [6.07, 6.45) is 1.04. The normalized spacial score (nSPS) is 12.6. The second-order valence-electron chi connectivity index (χ2n) is 4.26. The molecule has 1 heterocycles. The van der Waals surface area contributed by atoms with Crippen LogP contribution < -0.4 is 5.32 Å². The Morgan fingerprint density at radius 2 is 2.26 bits per heavy atom. The van der Waals surface area contributed by atoms with Crippen molar-refractivity contribution in [1.82, 2.24) is 15.5 Å². The number of hydrogen-bond donors (Lipinski definition) is 1. The topological polar surface area (TPSA) is 51.0 Å². The van der Waals surface area contributed by atoms with Crippen LogP contribution in [0, 0.1) is 5.82 Å². The van der Waals surface area contributed by atoms with Crippen LogP contribution in [0.3, 0.4) is 0 Å². The summed E-state index contributed by atoms with van der Waals surface area (Å²) in [5.74, 6) is 0.676. The maximum Gasteiger partial charge on any atom is 0.243 e. The molecule has 102 valence electrons. The Bertz CT molecular complexity index is 559. The average Bonchev–Trinajstić information content (AvgIpc) is 2.89. The molecule has 1 N–H and O–H groups in total. The molecule has 6 heteroatoms. The molecule has 0 fully saturated rings. The molecular weight excluding hydrogens is 313 g/mol. The Morgan fingerprint density at radius 1 is 1.47 bits per heavy atom. The highest BCUT2D eigenvalue weighted by atomic mass is 79.9. The van der Waals surface area contributed by atoms with E-state index in [1.165, 1.54) is 6.07 Å². The van der Waals surface area contributed by atoms with Crippen LogP contribution in [0.5, 0.6) is 0 Å². The summed E-state index contributed by atoms with van der Waals surface area (Å²) in [6.45, 7) is 4.95. The number of rotatable bonds is 5. The van der Waals surface area contributed by atoms with Gasteiger partial charge >= 0.3 is 0 Å². The number of hydrogen-bond acceptors (Lipinski definition) is 4. The van der Waals surface area contributed by atoms with Crippen LogP contribution in [0.2, 0.25) is 0 Å². The van der Waals surface area contributed by atoms with Gasteiger partial charge in [0, 0.05) is 5.56 Å². The first-order valence-corrected chi connectivity index (χ1v) is 6.93. The second-order valence-corrected chi connectivity index (χ2v) is 5.12. The van der Waals surface area contributed by atoms with Crippen molar-refractivity contribution >= 4 is 15.9 Å². The van der Waals surface area contributed by atoms with Gasteiger partial charge in [-0.1, -0.05) is 12.1 Å². The monoisotopic (exact) mass is 327 g/mol. The molecule has 0 amide bonds. The maximum atomic E-state index is 13.2. The highest BCUT2D eigenvalue weighted by molar-refractivity contribution is 9.10. The zero-order valence-electron chi connectivity index (χ0n) is 10.8. The first-order valence-electron chi connectivity index (χ1n) is 6.14. The molecule has 0 spiro atoms. The predicted molar refractivity (Wildman–Crippen MR) is 74.1 cm³/mol. The Balaban J connectivity index is 2.18. The lowest BCUT2D eigenvalue weighted by molar-refractivity contribution is 0.340. The largest absolute Gasteiger partial charge is 0.337 e. The molecule has 1 unspecified atom stereocenters. The lowest BCUT2D eigenvalue weighted by atomic mass is 10.2. The molecule has 0 radical (unpaired) electrons. The summed E-state index contributed by atoms with van der Waals surface area (Å²) in [5.41, 5.74) is 0.714. The zero-order chi connectivity index (χ0) is 13.8. The summed E-state index contributed by atoms with van der Waals surface area (Å²) in [5, 5.41) is 7.19. The smallest absolute Gasteiger partial charge is 0.243 e. The quantitative estimate of drug-likeness (QED) is 0.909. The fraction of sp³-hybridized carbons (Fsp3) is 0.385. The van der Waals surface area contributed by atoms with Crippen molar-refractivity contribution in [3.63, 3.8) is 0 Å². The number of nitrogens with one attached hydrogen (secondary N) is 1. The molecule has 0 aliphatic carbocycles. The minimum absolute atomic E-state index is 0.00471. The van der Waals surface area contributed by atoms with Gasteiger partial charge in [0.05, 0.1) is 10.5 Å². The highest BCUT2D eigenvalue weighted by Crippen LogP contribution is 2.24. The van der Waals surface area contributed by atoms with Gasteiger partial charge in [-0.15, -0.1) is 0 Å². The number of aromatic nitrogens is 2. The summed E-state index contributed by atoms with van der Waals surface area (Å²) < 4.78 is 18.8. The van der Waals surface area contributed by atoms with E-state index in [0.717, 1.165) is 13.0 Å². The molecule has 1 aromatic heterocycles. The van der Waals surface area contributed by atoms with Gasteiger partial charge in [0.15, 0.2) is 0 Å². The molecule has 1 aromatic carbocycles. The highest BCUT2D eigenvalue weighted by Gasteiger charge is 2.15. The third kappa shape index (κ3) is 3.39. The van der Waals surface area contributed by atoms with E-state index in [4.69, 9.17) is 4.52 Å². The van der Waals surface area contributed by atoms with Crippen molar-refractivity contribution in [2.75, 3.05) is 6.54 Å². The third-order valence-electron chi connectivity index (χ3n) is 2.69. The van der Waals surface area contributed by atoms with Crippen molar-refractivity contribution < 1.29 is 8.91 Å². The summed E-state index contributed by atoms with van der Waals surface area (Å²) in [7, 11) is 0. The standard InChI is InChI=1S/C13H15BrFN3O/c1-3-6-16-8(2)13-17-12(18-19-13)9-4-5-11(15)10(14)7-9/h4-5,7-8,16H,3,6H2,1-2H3. The van der Waals surface area contributed by atoms with Gasteiger partial charge in [0.1, 0.15) is 5.82 Å². The van der Waals surface area contributed by atoms with Crippen molar-refractivity contribution in [1.29, 1.82) is 0 Å². The van der Waals surface area contributed by atoms with Crippen LogP contribution in [0.15, 0.2) is 27.2 Å². The molecule has 4 nitrogen and oxygen atoms in total. The number of halogens is 2. The molecule has 2 aromatic rings. The van der Waals surface area contributed by atoms with Gasteiger partial charge < -0.3 is 9.84 Å². The first-order chi connectivity index (χ1) is 9.11. The van der Waals surface area contributed by atoms with Crippen LogP contribution in [0.4, 0.5) is 4.39 Å². The molecular formula is C13H15BrFN3O. The van der Waals surface area contributed by atoms with E-state index in [1.807, 2.05) is 6.92 Å². The van der Waals surface area contributed by atoms with E-state index in [0.29, 0.717) is 21.8 Å². The lowest BCUT2D eigenvalue weighted by Gasteiger charge is -2.06. The summed E-state index contributed by atoms with van der Waals surface area (Å²) in [6, 6.07) is 4.63. The molecule has 1 atom stereocenters. The molecule has 0 aliphatic heterocycles. The predicted octanol–water partition coefficient (Wildman–Crippen LogP) is 3.70. The molecule has 0 saturated carbocycles. The minimum Gasteiger partial charge on any atom is -0.337 e. The minimum atomic E-state index is -0.314. The van der Waals surface area contributed by atoms with E-state index in [9.17, 15) is 4.39 Å². The van der Waals surface area contributed by atoms with Crippen LogP contribution in [-0.2, 0) is 0 Å². The number of benzene rings is 1. The van der Waals surface area contributed by atoms with E-state index in [2.05, 4.69) is 38.3 Å². The average molecular weight is 328 g/mol. The second kappa shape index (κ2) is 6.25. The Labute approximate surface area is 119 Å². The van der Waals surface area contributed by atoms with Gasteiger partial charge in [-0.05, 0) is 54.0 Å². The summed E-state index contributed by atoms with van der Waals surface area (Å²) in [4.78, 5) is 4.32. The SMILES string of the molecule is CCCNC(C)c1nc(-c2ccc(F)c(Br)c2)no1. The van der Waals surface area contributed by atoms with Crippen LogP contribution in [0.1, 0.15) is 32.2 Å². The van der Waals surface area contributed by atoms with Crippen molar-refractivity contribution in [2.45, 2.75) is 26.3 Å². The Kier molecular flexibility index (Phi) is 4.66. The molecule has 0 saturated heterocycles. The van der Waals surface area contributed by atoms with Crippen LogP contribution >= 0.6 is 15.9 Å². The fourth-order valence-corrected chi connectivity index (χ4v) is 1.99. The van der Waals surface area contributed by atoms with E-state index >= 15 is 0 Å². The van der Waals surface area contributed by atoms with Crippen LogP contribution in [-0.4, -0.2) is 16.7 Å². The fourth-order valence-electron chi connectivity index (χ4n) is 1.61. The lowest BCUT2D eigenvalue weighted by Crippen LogP contribution is -2.19. The maximum absolute atomic E-state index is 13.2. The van der Waals surface area contributed by atoms with Crippen LogP contribution in [0.25, 0.3) is 11.4 Å². The van der Waals surface area contributed by atoms with Gasteiger partial charge in [0.25, 0.3) is 0 Å². The van der Waals surface area contributed by atoms with Crippen molar-refractivity contribution in [3.05, 3.63) is 34.4 Å². The van der Waals surface area contributed by atoms with E-state index < -0.39 is 0 Å². The molecule has 2 rings (SSSR count).